The quantitative estimate of drug-likeness (QED) is 0.354. The third-order valence-corrected chi connectivity index (χ3v) is 3.41. The molecule has 1 atom stereocenters. The summed E-state index contributed by atoms with van der Waals surface area (Å²) in [5, 5.41) is 10.7. The molecule has 1 unspecified atom stereocenters. The lowest BCUT2D eigenvalue weighted by molar-refractivity contribution is -0.127. The number of hydrogen-bond donors (Lipinski definition) is 2. The molecule has 1 amide bonds. The van der Waals surface area contributed by atoms with Gasteiger partial charge in [0.1, 0.15) is 6.54 Å². The molecule has 0 aliphatic carbocycles. The van der Waals surface area contributed by atoms with Crippen molar-refractivity contribution in [3.05, 3.63) is 18.0 Å². The third-order valence-electron chi connectivity index (χ3n) is 3.41. The molecule has 0 aromatic carbocycles. The van der Waals surface area contributed by atoms with Crippen LogP contribution in [0.15, 0.2) is 17.4 Å². The molecule has 0 bridgehead atoms. The molecule has 0 fully saturated rings. The van der Waals surface area contributed by atoms with Crippen LogP contribution in [0.1, 0.15) is 18.5 Å². The van der Waals surface area contributed by atoms with Crippen molar-refractivity contribution >= 4 is 35.8 Å². The van der Waals surface area contributed by atoms with Gasteiger partial charge in [0.2, 0.25) is 5.91 Å². The highest BCUT2D eigenvalue weighted by Gasteiger charge is 2.16. The van der Waals surface area contributed by atoms with E-state index in [1.54, 1.807) is 18.8 Å². The lowest BCUT2D eigenvalue weighted by atomic mass is 10.1. The molecule has 0 radical (unpaired) electrons. The number of guanidine groups is 1. The summed E-state index contributed by atoms with van der Waals surface area (Å²) in [5.41, 5.74) is 1.13. The summed E-state index contributed by atoms with van der Waals surface area (Å²) in [6.07, 6.45) is 3.87. The van der Waals surface area contributed by atoms with E-state index in [0.717, 1.165) is 12.1 Å². The normalized spacial score (nSPS) is 12.5. The predicted octanol–water partition coefficient (Wildman–Crippen LogP) is 0.284. The van der Waals surface area contributed by atoms with Gasteiger partial charge in [-0.15, -0.1) is 24.0 Å². The Hall–Kier alpha value is -1.36. The summed E-state index contributed by atoms with van der Waals surface area (Å²) < 4.78 is 1.79. The van der Waals surface area contributed by atoms with Gasteiger partial charge in [-0.05, 0) is 21.0 Å². The van der Waals surface area contributed by atoms with Crippen molar-refractivity contribution < 1.29 is 4.79 Å². The molecule has 1 heterocycles. The van der Waals surface area contributed by atoms with Crippen LogP contribution in [0.3, 0.4) is 0 Å². The monoisotopic (exact) mass is 451 g/mol. The van der Waals surface area contributed by atoms with Crippen LogP contribution in [0, 0.1) is 0 Å². The van der Waals surface area contributed by atoms with E-state index in [2.05, 4.69) is 25.6 Å². The Morgan fingerprint density at radius 1 is 1.33 bits per heavy atom. The fourth-order valence-electron chi connectivity index (χ4n) is 2.03. The molecular formula is C15H30IN7O. The highest BCUT2D eigenvalue weighted by Crippen LogP contribution is 2.15. The van der Waals surface area contributed by atoms with Crippen molar-refractivity contribution in [2.75, 3.05) is 47.8 Å². The molecular weight excluding hydrogens is 421 g/mol. The topological polar surface area (TPSA) is 77.8 Å². The van der Waals surface area contributed by atoms with Gasteiger partial charge in [0.15, 0.2) is 5.96 Å². The van der Waals surface area contributed by atoms with E-state index in [-0.39, 0.29) is 42.5 Å². The molecule has 0 aliphatic heterocycles. The van der Waals surface area contributed by atoms with Gasteiger partial charge in [-0.2, -0.15) is 5.10 Å². The summed E-state index contributed by atoms with van der Waals surface area (Å²) >= 11 is 0. The van der Waals surface area contributed by atoms with Crippen LogP contribution in [0.4, 0.5) is 0 Å². The number of aryl methyl sites for hydroxylation is 1. The lowest BCUT2D eigenvalue weighted by Gasteiger charge is -2.24. The number of hydrogen-bond acceptors (Lipinski definition) is 4. The first-order chi connectivity index (χ1) is 10.8. The lowest BCUT2D eigenvalue weighted by Crippen LogP contribution is -2.42. The second-order valence-electron chi connectivity index (χ2n) is 5.79. The SMILES string of the molecule is CCNC(=NCC(=O)N(C)C)NCC(c1cnn(C)c1)N(C)C.I. The van der Waals surface area contributed by atoms with Gasteiger partial charge < -0.3 is 20.4 Å². The van der Waals surface area contributed by atoms with Gasteiger partial charge in [-0.3, -0.25) is 9.48 Å². The number of nitrogens with zero attached hydrogens (tertiary/aromatic N) is 5. The molecule has 0 aliphatic rings. The van der Waals surface area contributed by atoms with Crippen LogP contribution in [-0.2, 0) is 11.8 Å². The third kappa shape index (κ3) is 7.47. The Morgan fingerprint density at radius 2 is 2.00 bits per heavy atom. The molecule has 8 nitrogen and oxygen atoms in total. The molecule has 9 heteroatoms. The van der Waals surface area contributed by atoms with Crippen LogP contribution in [0.2, 0.25) is 0 Å². The van der Waals surface area contributed by atoms with Crippen molar-refractivity contribution in [2.45, 2.75) is 13.0 Å². The molecule has 24 heavy (non-hydrogen) atoms. The Labute approximate surface area is 161 Å². The Morgan fingerprint density at radius 3 is 2.46 bits per heavy atom. The number of aliphatic imine (C=N–C) groups is 1. The van der Waals surface area contributed by atoms with E-state index in [0.29, 0.717) is 12.5 Å². The average Bonchev–Trinajstić information content (AvgIpc) is 2.90. The van der Waals surface area contributed by atoms with Gasteiger partial charge in [0.25, 0.3) is 0 Å². The maximum absolute atomic E-state index is 11.7. The first kappa shape index (κ1) is 22.6. The zero-order valence-electron chi connectivity index (χ0n) is 15.4. The Kier molecular flexibility index (Phi) is 10.6. The molecule has 1 rings (SSSR count). The predicted molar refractivity (Wildman–Crippen MR) is 108 cm³/mol. The molecule has 2 N–H and O–H groups in total. The standard InChI is InChI=1S/C15H29N7O.HI/c1-7-16-15(18-10-14(23)21(4)5)17-9-13(20(2)3)12-8-19-22(6)11-12;/h8,11,13H,7,9-10H2,1-6H3,(H2,16,17,18);1H. The summed E-state index contributed by atoms with van der Waals surface area (Å²) in [4.78, 5) is 19.7. The van der Waals surface area contributed by atoms with E-state index < -0.39 is 0 Å². The molecule has 1 aromatic heterocycles. The number of carbonyl (C=O) groups excluding carboxylic acids is 1. The van der Waals surface area contributed by atoms with E-state index in [1.165, 1.54) is 4.90 Å². The summed E-state index contributed by atoms with van der Waals surface area (Å²) in [6, 6.07) is 0.164. The smallest absolute Gasteiger partial charge is 0.243 e. The van der Waals surface area contributed by atoms with Crippen molar-refractivity contribution in [3.8, 4) is 0 Å². The maximum Gasteiger partial charge on any atom is 0.243 e. The van der Waals surface area contributed by atoms with E-state index in [9.17, 15) is 4.79 Å². The minimum Gasteiger partial charge on any atom is -0.357 e. The van der Waals surface area contributed by atoms with Crippen LogP contribution < -0.4 is 10.6 Å². The first-order valence-corrected chi connectivity index (χ1v) is 7.72. The molecule has 0 saturated heterocycles. The zero-order chi connectivity index (χ0) is 17.4. The van der Waals surface area contributed by atoms with Crippen molar-refractivity contribution in [3.63, 3.8) is 0 Å². The Bertz CT molecular complexity index is 528. The number of aromatic nitrogens is 2. The highest BCUT2D eigenvalue weighted by atomic mass is 127. The van der Waals surface area contributed by atoms with E-state index >= 15 is 0 Å². The number of halogens is 1. The van der Waals surface area contributed by atoms with Gasteiger partial charge in [-0.25, -0.2) is 4.99 Å². The summed E-state index contributed by atoms with van der Waals surface area (Å²) in [5.74, 6) is 0.608. The minimum absolute atomic E-state index is 0. The van der Waals surface area contributed by atoms with Crippen molar-refractivity contribution in [2.24, 2.45) is 12.0 Å². The fourth-order valence-corrected chi connectivity index (χ4v) is 2.03. The van der Waals surface area contributed by atoms with E-state index in [1.807, 2.05) is 40.5 Å². The van der Waals surface area contributed by atoms with Crippen molar-refractivity contribution in [1.29, 1.82) is 0 Å². The molecule has 138 valence electrons. The number of carbonyl (C=O) groups is 1. The van der Waals surface area contributed by atoms with Gasteiger partial charge >= 0.3 is 0 Å². The zero-order valence-corrected chi connectivity index (χ0v) is 17.7. The summed E-state index contributed by atoms with van der Waals surface area (Å²) in [7, 11) is 9.41. The summed E-state index contributed by atoms with van der Waals surface area (Å²) in [6.45, 7) is 3.53. The van der Waals surface area contributed by atoms with Gasteiger partial charge in [-0.1, -0.05) is 0 Å². The molecule has 1 aromatic rings. The van der Waals surface area contributed by atoms with E-state index in [4.69, 9.17) is 0 Å². The Balaban J connectivity index is 0.00000529. The number of likely N-dealkylation sites (N-methyl/N-ethyl adjacent to an activating group) is 2. The molecule has 0 spiro atoms. The maximum atomic E-state index is 11.7. The van der Waals surface area contributed by atoms with Crippen LogP contribution >= 0.6 is 24.0 Å². The second kappa shape index (κ2) is 11.2. The fraction of sp³-hybridized carbons (Fsp3) is 0.667. The van der Waals surface area contributed by atoms with Crippen LogP contribution in [0.5, 0.6) is 0 Å². The average molecular weight is 451 g/mol. The van der Waals surface area contributed by atoms with Gasteiger partial charge in [0, 0.05) is 46.0 Å². The number of amides is 1. The van der Waals surface area contributed by atoms with Crippen LogP contribution in [0.25, 0.3) is 0 Å². The number of rotatable bonds is 7. The highest BCUT2D eigenvalue weighted by molar-refractivity contribution is 14.0. The largest absolute Gasteiger partial charge is 0.357 e. The molecule has 0 saturated carbocycles. The first-order valence-electron chi connectivity index (χ1n) is 7.72. The second-order valence-corrected chi connectivity index (χ2v) is 5.79. The van der Waals surface area contributed by atoms with Crippen molar-refractivity contribution in [1.82, 2.24) is 30.2 Å². The minimum atomic E-state index is -0.0291. The van der Waals surface area contributed by atoms with Crippen LogP contribution in [-0.4, -0.2) is 79.3 Å². The number of nitrogens with one attached hydrogen (secondary N) is 2. The van der Waals surface area contributed by atoms with Gasteiger partial charge in [0.05, 0.1) is 12.2 Å².